The number of carbonyl (C=O) groups excluding carboxylic acids is 4. The molecule has 39 heavy (non-hydrogen) atoms. The lowest BCUT2D eigenvalue weighted by molar-refractivity contribution is -0.151. The fourth-order valence-corrected chi connectivity index (χ4v) is 4.55. The average molecular weight is 554 g/mol. The van der Waals surface area contributed by atoms with E-state index in [-0.39, 0.29) is 37.1 Å². The Morgan fingerprint density at radius 3 is 2.46 bits per heavy atom. The molecule has 0 spiro atoms. The Balaban J connectivity index is 1.50. The molecular weight excluding hydrogens is 527 g/mol. The van der Waals surface area contributed by atoms with E-state index in [4.69, 9.17) is 6.11 Å². The lowest BCUT2D eigenvalue weighted by Crippen LogP contribution is -2.52. The van der Waals surface area contributed by atoms with Crippen LogP contribution >= 0.6 is 0 Å². The molecule has 0 radical (unpaired) electrons. The number of carbonyl (C=O) groups is 4. The van der Waals surface area contributed by atoms with Crippen LogP contribution in [0, 0.1) is 0 Å². The van der Waals surface area contributed by atoms with E-state index in [1.807, 2.05) is 5.32 Å². The third kappa shape index (κ3) is 5.79. The summed E-state index contributed by atoms with van der Waals surface area (Å²) < 4.78 is 84.6. The van der Waals surface area contributed by atoms with Crippen molar-refractivity contribution in [1.29, 1.82) is 0 Å². The molecule has 12 heteroatoms. The number of halogens is 5. The molecule has 2 aromatic carbocycles. The van der Waals surface area contributed by atoms with Crippen LogP contribution in [-0.2, 0) is 39.4 Å². The van der Waals surface area contributed by atoms with Gasteiger partial charge in [0.05, 0.1) is 13.0 Å². The van der Waals surface area contributed by atoms with Gasteiger partial charge >= 0.3 is 12.1 Å². The van der Waals surface area contributed by atoms with Crippen LogP contribution in [0.2, 0.25) is 0 Å². The standard InChI is InChI=1S/C27H25F5N2O5/c1-14(2)39-17-5-7-19(20(12-17)27(30,31)32)26(28,29)22(35)9-4-15-3-6-18-16(11-15)13-34(25(18)38)21-8-10-23(36)33-24(21)37/h3,5-7,11-12,14,21H,4,8-10,13H2,1-2H3,(H,33,36,37)/t21-/m0/s1/i21D. The summed E-state index contributed by atoms with van der Waals surface area (Å²) >= 11 is 0. The van der Waals surface area contributed by atoms with E-state index in [0.717, 1.165) is 11.0 Å². The van der Waals surface area contributed by atoms with Gasteiger partial charge in [0.1, 0.15) is 11.8 Å². The quantitative estimate of drug-likeness (QED) is 0.383. The maximum Gasteiger partial charge on any atom is 0.417 e. The van der Waals surface area contributed by atoms with Crippen LogP contribution in [0.3, 0.4) is 0 Å². The number of alkyl halides is 5. The van der Waals surface area contributed by atoms with Crippen LogP contribution in [0.25, 0.3) is 0 Å². The van der Waals surface area contributed by atoms with Crippen LogP contribution in [0.5, 0.6) is 5.75 Å². The fraction of sp³-hybridized carbons (Fsp3) is 0.407. The average Bonchev–Trinajstić information content (AvgIpc) is 3.20. The summed E-state index contributed by atoms with van der Waals surface area (Å²) in [5.41, 5.74) is -2.22. The van der Waals surface area contributed by atoms with Crippen LogP contribution < -0.4 is 10.1 Å². The maximum atomic E-state index is 15.0. The molecule has 1 fully saturated rings. The number of rotatable bonds is 8. The summed E-state index contributed by atoms with van der Waals surface area (Å²) in [6.07, 6.45) is -7.03. The van der Waals surface area contributed by atoms with Crippen molar-refractivity contribution in [2.24, 2.45) is 0 Å². The molecule has 2 aromatic rings. The summed E-state index contributed by atoms with van der Waals surface area (Å²) in [6, 6.07) is 4.19. The zero-order valence-corrected chi connectivity index (χ0v) is 21.0. The Kier molecular flexibility index (Phi) is 7.13. The normalized spacial score (nSPS) is 20.2. The number of aryl methyl sites for hydroxylation is 1. The number of fused-ring (bicyclic) bond motifs is 1. The predicted molar refractivity (Wildman–Crippen MR) is 127 cm³/mol. The molecule has 0 aliphatic carbocycles. The van der Waals surface area contributed by atoms with E-state index >= 15 is 8.78 Å². The Morgan fingerprint density at radius 1 is 1.10 bits per heavy atom. The van der Waals surface area contributed by atoms with Gasteiger partial charge < -0.3 is 9.64 Å². The fourth-order valence-electron chi connectivity index (χ4n) is 4.55. The molecule has 4 rings (SSSR count). The second kappa shape index (κ2) is 10.4. The van der Waals surface area contributed by atoms with E-state index in [2.05, 4.69) is 0 Å². The number of imide groups is 1. The first-order chi connectivity index (χ1) is 18.5. The van der Waals surface area contributed by atoms with Crippen molar-refractivity contribution in [3.63, 3.8) is 0 Å². The van der Waals surface area contributed by atoms with Crippen molar-refractivity contribution in [3.8, 4) is 5.75 Å². The number of piperidine rings is 1. The highest BCUT2D eigenvalue weighted by atomic mass is 19.4. The zero-order valence-electron chi connectivity index (χ0n) is 22.0. The molecule has 7 nitrogen and oxygen atoms in total. The highest BCUT2D eigenvalue weighted by Crippen LogP contribution is 2.42. The molecule has 2 aliphatic rings. The van der Waals surface area contributed by atoms with Crippen LogP contribution in [0.1, 0.15) is 67.1 Å². The first-order valence-electron chi connectivity index (χ1n) is 12.6. The smallest absolute Gasteiger partial charge is 0.417 e. The van der Waals surface area contributed by atoms with Gasteiger partial charge in [0.2, 0.25) is 17.6 Å². The molecule has 0 saturated carbocycles. The summed E-state index contributed by atoms with van der Waals surface area (Å²) in [6.45, 7) is 2.97. The summed E-state index contributed by atoms with van der Waals surface area (Å²) in [7, 11) is 0. The highest BCUT2D eigenvalue weighted by Gasteiger charge is 2.47. The van der Waals surface area contributed by atoms with Gasteiger partial charge in [-0.05, 0) is 62.1 Å². The number of hydrogen-bond acceptors (Lipinski definition) is 5. The monoisotopic (exact) mass is 553 g/mol. The summed E-state index contributed by atoms with van der Waals surface area (Å²) in [5, 5.41) is 2.05. The number of ether oxygens (including phenoxy) is 1. The molecular formula is C27H25F5N2O5. The molecule has 1 N–H and O–H groups in total. The van der Waals surface area contributed by atoms with Gasteiger partial charge in [0.25, 0.3) is 5.91 Å². The Morgan fingerprint density at radius 2 is 1.82 bits per heavy atom. The first kappa shape index (κ1) is 26.8. The van der Waals surface area contributed by atoms with Crippen molar-refractivity contribution in [3.05, 3.63) is 64.2 Å². The van der Waals surface area contributed by atoms with Gasteiger partial charge in [0.15, 0.2) is 0 Å². The number of hydrogen-bond donors (Lipinski definition) is 1. The van der Waals surface area contributed by atoms with Crippen LogP contribution in [-0.4, -0.2) is 40.5 Å². The number of nitrogens with one attached hydrogen (secondary N) is 1. The minimum absolute atomic E-state index is 0.125. The second-order valence-electron chi connectivity index (χ2n) is 9.58. The third-order valence-electron chi connectivity index (χ3n) is 6.40. The Labute approximate surface area is 221 Å². The maximum absolute atomic E-state index is 15.0. The second-order valence-corrected chi connectivity index (χ2v) is 9.58. The van der Waals surface area contributed by atoms with E-state index in [9.17, 15) is 32.3 Å². The SMILES string of the molecule is [2H][C@]1(N2Cc3cc(CCC(=O)C(F)(F)c4ccc(OC(C)C)cc4C(F)(F)F)ccc3C2=O)CCC(=O)NC1=O. The van der Waals surface area contributed by atoms with E-state index in [1.165, 1.54) is 18.2 Å². The first-order valence-corrected chi connectivity index (χ1v) is 12.1. The number of ketones is 1. The number of amides is 3. The van der Waals surface area contributed by atoms with Crippen LogP contribution in [0.15, 0.2) is 36.4 Å². The van der Waals surface area contributed by atoms with E-state index in [0.29, 0.717) is 23.3 Å². The molecule has 208 valence electrons. The molecule has 0 bridgehead atoms. The third-order valence-corrected chi connectivity index (χ3v) is 6.40. The molecule has 1 atom stereocenters. The van der Waals surface area contributed by atoms with Gasteiger partial charge in [-0.15, -0.1) is 0 Å². The summed E-state index contributed by atoms with van der Waals surface area (Å²) in [4.78, 5) is 50.2. The molecule has 1 saturated heterocycles. The van der Waals surface area contributed by atoms with Gasteiger partial charge in [-0.2, -0.15) is 22.0 Å². The number of benzene rings is 2. The highest BCUT2D eigenvalue weighted by molar-refractivity contribution is 6.05. The van der Waals surface area contributed by atoms with Crippen molar-refractivity contribution in [2.75, 3.05) is 0 Å². The van der Waals surface area contributed by atoms with E-state index < -0.39 is 65.3 Å². The van der Waals surface area contributed by atoms with Crippen molar-refractivity contribution >= 4 is 23.5 Å². The molecule has 2 heterocycles. The van der Waals surface area contributed by atoms with Crippen molar-refractivity contribution < 1.29 is 47.2 Å². The Bertz CT molecular complexity index is 1390. The van der Waals surface area contributed by atoms with Crippen molar-refractivity contribution in [1.82, 2.24) is 10.2 Å². The van der Waals surface area contributed by atoms with Gasteiger partial charge in [-0.1, -0.05) is 12.1 Å². The molecule has 0 aromatic heterocycles. The van der Waals surface area contributed by atoms with Gasteiger partial charge in [0, 0.05) is 30.5 Å². The minimum Gasteiger partial charge on any atom is -0.491 e. The van der Waals surface area contributed by atoms with E-state index in [1.54, 1.807) is 13.8 Å². The topological polar surface area (TPSA) is 92.8 Å². The minimum atomic E-state index is -5.16. The van der Waals surface area contributed by atoms with Gasteiger partial charge in [-0.25, -0.2) is 0 Å². The van der Waals surface area contributed by atoms with Crippen molar-refractivity contribution in [2.45, 2.75) is 70.3 Å². The molecule has 3 amide bonds. The largest absolute Gasteiger partial charge is 0.491 e. The number of Topliss-reactive ketones (excluding diaryl/α,β-unsaturated/α-hetero) is 1. The summed E-state index contributed by atoms with van der Waals surface area (Å²) in [5.74, 6) is -8.52. The lowest BCUT2D eigenvalue weighted by atomic mass is 9.94. The predicted octanol–water partition coefficient (Wildman–Crippen LogP) is 4.55. The van der Waals surface area contributed by atoms with Crippen LogP contribution in [0.4, 0.5) is 22.0 Å². The number of nitrogens with zero attached hydrogens (tertiary/aromatic N) is 1. The molecule has 0 unspecified atom stereocenters. The lowest BCUT2D eigenvalue weighted by Gasteiger charge is -2.29. The zero-order chi connectivity index (χ0) is 29.6. The molecule has 2 aliphatic heterocycles. The Hall–Kier alpha value is -3.83. The van der Waals surface area contributed by atoms with Gasteiger partial charge in [-0.3, -0.25) is 24.5 Å².